The molecular formula is C21H28N2O2. The van der Waals surface area contributed by atoms with Gasteiger partial charge in [-0.1, -0.05) is 49.6 Å². The van der Waals surface area contributed by atoms with Crippen molar-refractivity contribution in [1.82, 2.24) is 10.2 Å². The molecule has 134 valence electrons. The normalized spacial score (nSPS) is 31.1. The van der Waals surface area contributed by atoms with Crippen molar-refractivity contribution in [3.63, 3.8) is 0 Å². The van der Waals surface area contributed by atoms with Crippen LogP contribution in [0.15, 0.2) is 30.3 Å². The minimum atomic E-state index is -0.696. The van der Waals surface area contributed by atoms with E-state index in [0.29, 0.717) is 18.4 Å². The van der Waals surface area contributed by atoms with Gasteiger partial charge in [0, 0.05) is 6.54 Å². The van der Waals surface area contributed by atoms with E-state index in [1.54, 1.807) is 0 Å². The van der Waals surface area contributed by atoms with Crippen LogP contribution in [0.1, 0.15) is 57.4 Å². The summed E-state index contributed by atoms with van der Waals surface area (Å²) in [7, 11) is 0. The van der Waals surface area contributed by atoms with E-state index in [4.69, 9.17) is 0 Å². The molecular weight excluding hydrogens is 312 g/mol. The average Bonchev–Trinajstić information content (AvgIpc) is 3.49. The van der Waals surface area contributed by atoms with E-state index in [9.17, 15) is 9.59 Å². The van der Waals surface area contributed by atoms with Crippen LogP contribution in [0.4, 0.5) is 0 Å². The number of piperazine rings is 1. The maximum atomic E-state index is 13.4. The predicted molar refractivity (Wildman–Crippen MR) is 96.6 cm³/mol. The van der Waals surface area contributed by atoms with Crippen molar-refractivity contribution in [3.8, 4) is 0 Å². The molecule has 1 saturated heterocycles. The number of carbonyl (C=O) groups excluding carboxylic acids is 2. The molecule has 1 N–H and O–H groups in total. The quantitative estimate of drug-likeness (QED) is 0.914. The summed E-state index contributed by atoms with van der Waals surface area (Å²) in [5.41, 5.74) is 0.401. The molecule has 2 unspecified atom stereocenters. The number of carbonyl (C=O) groups is 2. The fourth-order valence-corrected chi connectivity index (χ4v) is 4.71. The third kappa shape index (κ3) is 2.96. The topological polar surface area (TPSA) is 49.4 Å². The van der Waals surface area contributed by atoms with Gasteiger partial charge < -0.3 is 10.2 Å². The van der Waals surface area contributed by atoms with Gasteiger partial charge in [-0.25, -0.2) is 0 Å². The number of hydrogen-bond acceptors (Lipinski definition) is 2. The van der Waals surface area contributed by atoms with Crippen molar-refractivity contribution in [2.45, 2.75) is 70.0 Å². The summed E-state index contributed by atoms with van der Waals surface area (Å²) in [6.07, 6.45) is 7.77. The number of nitrogens with one attached hydrogen (secondary N) is 1. The second-order valence-electron chi connectivity index (χ2n) is 8.18. The number of amides is 2. The average molecular weight is 340 g/mol. The fraction of sp³-hybridized carbons (Fsp3) is 0.619. The summed E-state index contributed by atoms with van der Waals surface area (Å²) >= 11 is 0. The molecule has 3 fully saturated rings. The summed E-state index contributed by atoms with van der Waals surface area (Å²) in [5, 5.41) is 3.13. The molecule has 1 aromatic rings. The Bertz CT molecular complexity index is 649. The molecule has 1 aromatic carbocycles. The first-order valence-electron chi connectivity index (χ1n) is 9.77. The van der Waals surface area contributed by atoms with Crippen LogP contribution >= 0.6 is 0 Å². The molecule has 2 amide bonds. The van der Waals surface area contributed by atoms with Crippen LogP contribution in [0.25, 0.3) is 0 Å². The van der Waals surface area contributed by atoms with Gasteiger partial charge >= 0.3 is 0 Å². The van der Waals surface area contributed by atoms with E-state index in [0.717, 1.165) is 31.2 Å². The van der Waals surface area contributed by atoms with Gasteiger partial charge in [0.05, 0.1) is 0 Å². The van der Waals surface area contributed by atoms with E-state index >= 15 is 0 Å². The van der Waals surface area contributed by atoms with Crippen molar-refractivity contribution in [2.75, 3.05) is 0 Å². The number of benzene rings is 1. The Morgan fingerprint density at radius 2 is 1.72 bits per heavy atom. The van der Waals surface area contributed by atoms with Crippen LogP contribution in [0, 0.1) is 11.8 Å². The molecule has 4 heteroatoms. The largest absolute Gasteiger partial charge is 0.342 e. The van der Waals surface area contributed by atoms with Gasteiger partial charge in [0.1, 0.15) is 11.6 Å². The Hall–Kier alpha value is -1.84. The molecule has 4 nitrogen and oxygen atoms in total. The zero-order chi connectivity index (χ0) is 17.4. The lowest BCUT2D eigenvalue weighted by Gasteiger charge is -2.48. The van der Waals surface area contributed by atoms with Gasteiger partial charge in [0.25, 0.3) is 0 Å². The highest BCUT2D eigenvalue weighted by molar-refractivity contribution is 6.00. The number of hydrogen-bond donors (Lipinski definition) is 1. The van der Waals surface area contributed by atoms with Crippen molar-refractivity contribution in [2.24, 2.45) is 11.8 Å². The Kier molecular flexibility index (Phi) is 4.30. The van der Waals surface area contributed by atoms with Crippen LogP contribution in [-0.4, -0.2) is 28.3 Å². The molecule has 1 heterocycles. The first-order valence-corrected chi connectivity index (χ1v) is 9.77. The lowest BCUT2D eigenvalue weighted by atomic mass is 9.79. The maximum absolute atomic E-state index is 13.4. The molecule has 2 atom stereocenters. The number of rotatable bonds is 4. The second-order valence-corrected chi connectivity index (χ2v) is 8.18. The zero-order valence-corrected chi connectivity index (χ0v) is 15.0. The Morgan fingerprint density at radius 3 is 2.36 bits per heavy atom. The molecule has 0 spiro atoms. The molecule has 3 aliphatic rings. The third-order valence-corrected chi connectivity index (χ3v) is 6.52. The maximum Gasteiger partial charge on any atom is 0.246 e. The molecule has 25 heavy (non-hydrogen) atoms. The van der Waals surface area contributed by atoms with E-state index in [1.165, 1.54) is 19.3 Å². The molecule has 4 rings (SSSR count). The molecule has 2 saturated carbocycles. The molecule has 0 bridgehead atoms. The standard InChI is InChI=1S/C21H28N2O2/c1-21(17-12-13-17)20(25)22-18(16-10-6-3-7-11-16)19(24)23(21)14-15-8-4-2-5-9-15/h2,4-5,8-9,16-18H,3,6-7,10-14H2,1H3,(H,22,25). The lowest BCUT2D eigenvalue weighted by Crippen LogP contribution is -2.71. The first-order chi connectivity index (χ1) is 12.1. The van der Waals surface area contributed by atoms with E-state index in [1.807, 2.05) is 42.2 Å². The SMILES string of the molecule is CC1(C2CC2)C(=O)NC(C2CCCCC2)C(=O)N1Cc1ccccc1. The summed E-state index contributed by atoms with van der Waals surface area (Å²) < 4.78 is 0. The van der Waals surface area contributed by atoms with Gasteiger partial charge in [-0.05, 0) is 50.0 Å². The highest BCUT2D eigenvalue weighted by atomic mass is 16.2. The van der Waals surface area contributed by atoms with Gasteiger partial charge in [-0.15, -0.1) is 0 Å². The Balaban J connectivity index is 1.64. The lowest BCUT2D eigenvalue weighted by molar-refractivity contribution is -0.161. The van der Waals surface area contributed by atoms with Gasteiger partial charge in [0.2, 0.25) is 11.8 Å². The minimum Gasteiger partial charge on any atom is -0.342 e. The van der Waals surface area contributed by atoms with Crippen LogP contribution in [0.5, 0.6) is 0 Å². The van der Waals surface area contributed by atoms with Gasteiger partial charge in [-0.3, -0.25) is 9.59 Å². The first kappa shape index (κ1) is 16.6. The van der Waals surface area contributed by atoms with Crippen LogP contribution in [0.3, 0.4) is 0 Å². The fourth-order valence-electron chi connectivity index (χ4n) is 4.71. The Morgan fingerprint density at radius 1 is 1.04 bits per heavy atom. The monoisotopic (exact) mass is 340 g/mol. The van der Waals surface area contributed by atoms with Crippen LogP contribution < -0.4 is 5.32 Å². The molecule has 0 radical (unpaired) electrons. The molecule has 0 aromatic heterocycles. The Labute approximate surface area is 150 Å². The zero-order valence-electron chi connectivity index (χ0n) is 15.0. The number of nitrogens with zero attached hydrogens (tertiary/aromatic N) is 1. The van der Waals surface area contributed by atoms with Crippen molar-refractivity contribution < 1.29 is 9.59 Å². The molecule has 2 aliphatic carbocycles. The highest BCUT2D eigenvalue weighted by Crippen LogP contribution is 2.46. The second kappa shape index (κ2) is 6.47. The highest BCUT2D eigenvalue weighted by Gasteiger charge is 2.57. The van der Waals surface area contributed by atoms with E-state index in [2.05, 4.69) is 5.32 Å². The summed E-state index contributed by atoms with van der Waals surface area (Å²) in [4.78, 5) is 28.4. The van der Waals surface area contributed by atoms with Crippen molar-refractivity contribution in [3.05, 3.63) is 35.9 Å². The molecule has 1 aliphatic heterocycles. The van der Waals surface area contributed by atoms with Crippen molar-refractivity contribution in [1.29, 1.82) is 0 Å². The van der Waals surface area contributed by atoms with E-state index < -0.39 is 5.54 Å². The van der Waals surface area contributed by atoms with Gasteiger partial charge in [0.15, 0.2) is 0 Å². The van der Waals surface area contributed by atoms with E-state index in [-0.39, 0.29) is 17.9 Å². The van der Waals surface area contributed by atoms with Crippen LogP contribution in [-0.2, 0) is 16.1 Å². The van der Waals surface area contributed by atoms with Gasteiger partial charge in [-0.2, -0.15) is 0 Å². The van der Waals surface area contributed by atoms with Crippen molar-refractivity contribution >= 4 is 11.8 Å². The predicted octanol–water partition coefficient (Wildman–Crippen LogP) is 3.26. The third-order valence-electron chi connectivity index (χ3n) is 6.52. The summed E-state index contributed by atoms with van der Waals surface area (Å²) in [6, 6.07) is 9.74. The summed E-state index contributed by atoms with van der Waals surface area (Å²) in [6.45, 7) is 2.50. The van der Waals surface area contributed by atoms with Crippen LogP contribution in [0.2, 0.25) is 0 Å². The summed E-state index contributed by atoms with van der Waals surface area (Å²) in [5.74, 6) is 0.783. The minimum absolute atomic E-state index is 0.0566. The smallest absolute Gasteiger partial charge is 0.246 e.